The topological polar surface area (TPSA) is 113 Å². The molecule has 0 aromatic carbocycles. The van der Waals surface area contributed by atoms with E-state index in [1.54, 1.807) is 17.2 Å². The first-order valence-corrected chi connectivity index (χ1v) is 9.35. The molecule has 1 aliphatic rings. The zero-order chi connectivity index (χ0) is 19.1. The van der Waals surface area contributed by atoms with Crippen LogP contribution in [0.5, 0.6) is 0 Å². The minimum Gasteiger partial charge on any atom is -0.348 e. The molecule has 5 heterocycles. The van der Waals surface area contributed by atoms with Crippen LogP contribution in [0, 0.1) is 5.82 Å². The Hall–Kier alpha value is -3.41. The second-order valence-electron chi connectivity index (χ2n) is 6.28. The number of H-pyrrole nitrogens is 1. The van der Waals surface area contributed by atoms with Gasteiger partial charge in [-0.1, -0.05) is 0 Å². The number of hydrogen-bond donors (Lipinski definition) is 2. The van der Waals surface area contributed by atoms with E-state index >= 15 is 0 Å². The van der Waals surface area contributed by atoms with Gasteiger partial charge in [-0.25, -0.2) is 24.3 Å². The predicted octanol–water partition coefficient (Wildman–Crippen LogP) is 1.90. The fourth-order valence-electron chi connectivity index (χ4n) is 3.08. The summed E-state index contributed by atoms with van der Waals surface area (Å²) < 4.78 is 14.7. The maximum absolute atomic E-state index is 13.0. The Labute approximate surface area is 162 Å². The molecule has 0 fully saturated rings. The van der Waals surface area contributed by atoms with Gasteiger partial charge in [0.15, 0.2) is 16.8 Å². The molecule has 28 heavy (non-hydrogen) atoms. The van der Waals surface area contributed by atoms with Gasteiger partial charge in [0.25, 0.3) is 0 Å². The van der Waals surface area contributed by atoms with Gasteiger partial charge in [0, 0.05) is 24.9 Å². The summed E-state index contributed by atoms with van der Waals surface area (Å²) in [5.74, 6) is 1.46. The van der Waals surface area contributed by atoms with E-state index in [4.69, 9.17) is 4.98 Å². The predicted molar refractivity (Wildman–Crippen MR) is 101 cm³/mol. The van der Waals surface area contributed by atoms with Crippen LogP contribution in [-0.4, -0.2) is 46.5 Å². The van der Waals surface area contributed by atoms with Crippen molar-refractivity contribution >= 4 is 28.2 Å². The summed E-state index contributed by atoms with van der Waals surface area (Å²) in [5, 5.41) is 15.3. The molecule has 0 saturated heterocycles. The van der Waals surface area contributed by atoms with E-state index in [-0.39, 0.29) is 0 Å². The number of aromatic nitrogens is 8. The number of fused-ring (bicyclic) bond motifs is 3. The summed E-state index contributed by atoms with van der Waals surface area (Å²) in [6.45, 7) is 1.36. The van der Waals surface area contributed by atoms with Crippen LogP contribution in [0.2, 0.25) is 0 Å². The average Bonchev–Trinajstić information content (AvgIpc) is 3.39. The van der Waals surface area contributed by atoms with Gasteiger partial charge in [0.2, 0.25) is 5.95 Å². The van der Waals surface area contributed by atoms with E-state index in [9.17, 15) is 4.39 Å². The Morgan fingerprint density at radius 3 is 2.89 bits per heavy atom. The van der Waals surface area contributed by atoms with Crippen LogP contribution in [0.1, 0.15) is 10.7 Å². The molecule has 0 atom stereocenters. The highest BCUT2D eigenvalue weighted by Crippen LogP contribution is 2.39. The van der Waals surface area contributed by atoms with Crippen LogP contribution in [0.4, 0.5) is 21.3 Å². The Kier molecular flexibility index (Phi) is 3.97. The average molecular weight is 398 g/mol. The molecule has 0 radical (unpaired) electrons. The van der Waals surface area contributed by atoms with Crippen molar-refractivity contribution in [3.8, 4) is 11.3 Å². The Bertz CT molecular complexity index is 1110. The van der Waals surface area contributed by atoms with Crippen LogP contribution in [0.15, 0.2) is 24.9 Å². The molecule has 0 spiro atoms. The molecule has 0 bridgehead atoms. The van der Waals surface area contributed by atoms with E-state index in [1.165, 1.54) is 11.3 Å². The van der Waals surface area contributed by atoms with Crippen molar-refractivity contribution in [3.63, 3.8) is 0 Å². The molecule has 0 unspecified atom stereocenters. The van der Waals surface area contributed by atoms with Crippen molar-refractivity contribution in [2.45, 2.75) is 13.0 Å². The maximum Gasteiger partial charge on any atom is 0.229 e. The van der Waals surface area contributed by atoms with Crippen LogP contribution >= 0.6 is 11.3 Å². The molecular weight excluding hydrogens is 383 g/mol. The van der Waals surface area contributed by atoms with Crippen LogP contribution < -0.4 is 10.2 Å². The first-order valence-electron chi connectivity index (χ1n) is 8.53. The Morgan fingerprint density at radius 1 is 1.25 bits per heavy atom. The number of aromatic amines is 1. The summed E-state index contributed by atoms with van der Waals surface area (Å²) in [7, 11) is 1.85. The van der Waals surface area contributed by atoms with Crippen molar-refractivity contribution in [1.82, 2.24) is 39.9 Å². The lowest BCUT2D eigenvalue weighted by Gasteiger charge is -2.20. The molecule has 10 nitrogen and oxygen atoms in total. The van der Waals surface area contributed by atoms with Crippen LogP contribution in [0.3, 0.4) is 0 Å². The largest absolute Gasteiger partial charge is 0.348 e. The monoisotopic (exact) mass is 398 g/mol. The second kappa shape index (κ2) is 6.64. The lowest BCUT2D eigenvalue weighted by Crippen LogP contribution is -2.25. The first kappa shape index (κ1) is 16.7. The molecular formula is C16H15FN10S. The van der Waals surface area contributed by atoms with Gasteiger partial charge in [0.05, 0.1) is 36.4 Å². The number of thiazole rings is 1. The third-order valence-electron chi connectivity index (χ3n) is 4.32. The van der Waals surface area contributed by atoms with E-state index in [0.29, 0.717) is 17.6 Å². The minimum absolute atomic E-state index is 0.306. The number of hydrogen-bond acceptors (Lipinski definition) is 9. The van der Waals surface area contributed by atoms with Gasteiger partial charge in [-0.3, -0.25) is 9.78 Å². The fraction of sp³-hybridized carbons (Fsp3) is 0.250. The summed E-state index contributed by atoms with van der Waals surface area (Å²) in [6, 6.07) is 0. The number of anilines is 3. The van der Waals surface area contributed by atoms with Gasteiger partial charge in [-0.05, 0) is 0 Å². The quantitative estimate of drug-likeness (QED) is 0.536. The number of halogens is 1. The molecule has 5 rings (SSSR count). The van der Waals surface area contributed by atoms with Crippen molar-refractivity contribution in [2.24, 2.45) is 7.05 Å². The van der Waals surface area contributed by atoms with E-state index in [2.05, 4.69) is 40.5 Å². The van der Waals surface area contributed by atoms with Crippen molar-refractivity contribution in [3.05, 3.63) is 41.4 Å². The normalized spacial score (nSPS) is 13.1. The molecule has 2 N–H and O–H groups in total. The molecule has 0 amide bonds. The first-order chi connectivity index (χ1) is 13.7. The third kappa shape index (κ3) is 3.07. The number of aryl methyl sites for hydroxylation is 1. The smallest absolute Gasteiger partial charge is 0.229 e. The molecule has 12 heteroatoms. The zero-order valence-electron chi connectivity index (χ0n) is 14.8. The molecule has 4 aromatic heterocycles. The summed E-state index contributed by atoms with van der Waals surface area (Å²) in [6.07, 6.45) is 6.51. The zero-order valence-corrected chi connectivity index (χ0v) is 15.6. The number of rotatable bonds is 4. The summed E-state index contributed by atoms with van der Waals surface area (Å²) >= 11 is 1.53. The molecule has 4 aromatic rings. The van der Waals surface area contributed by atoms with Crippen LogP contribution in [0.25, 0.3) is 11.3 Å². The molecule has 0 aliphatic carbocycles. The maximum atomic E-state index is 13.0. The van der Waals surface area contributed by atoms with Crippen molar-refractivity contribution in [2.75, 3.05) is 16.8 Å². The van der Waals surface area contributed by atoms with Gasteiger partial charge in [-0.15, -0.1) is 11.3 Å². The van der Waals surface area contributed by atoms with Crippen molar-refractivity contribution < 1.29 is 4.39 Å². The lowest BCUT2D eigenvalue weighted by atomic mass is 10.2. The van der Waals surface area contributed by atoms with Gasteiger partial charge >= 0.3 is 0 Å². The Morgan fingerprint density at radius 2 is 2.11 bits per heavy atom. The minimum atomic E-state index is -0.481. The molecule has 0 saturated carbocycles. The highest BCUT2D eigenvalue weighted by molar-refractivity contribution is 7.16. The van der Waals surface area contributed by atoms with Gasteiger partial charge in [-0.2, -0.15) is 10.2 Å². The van der Waals surface area contributed by atoms with Gasteiger partial charge in [0.1, 0.15) is 12.1 Å². The molecule has 142 valence electrons. The van der Waals surface area contributed by atoms with Gasteiger partial charge < -0.3 is 10.2 Å². The number of nitrogens with zero attached hydrogens (tertiary/aromatic N) is 8. The highest BCUT2D eigenvalue weighted by atomic mass is 32.1. The standard InChI is InChI=1S/C16H15FN10S/c1-26-8-20-12(25-26)7-27-3-2-11-13(10-6-21-24-14(10)27)22-16(28-11)23-15-18-4-9(17)5-19-15/h4-6,8H,2-3,7H2,1H3,(H,21,24)(H,18,19,22,23). The van der Waals surface area contributed by atoms with E-state index in [0.717, 1.165) is 53.1 Å². The van der Waals surface area contributed by atoms with Crippen LogP contribution in [-0.2, 0) is 20.0 Å². The summed E-state index contributed by atoms with van der Waals surface area (Å²) in [5.41, 5.74) is 1.79. The van der Waals surface area contributed by atoms with E-state index in [1.807, 2.05) is 7.05 Å². The Balaban J connectivity index is 1.43. The number of nitrogens with one attached hydrogen (secondary N) is 2. The second-order valence-corrected chi connectivity index (χ2v) is 7.36. The summed E-state index contributed by atoms with van der Waals surface area (Å²) in [4.78, 5) is 20.2. The highest BCUT2D eigenvalue weighted by Gasteiger charge is 2.26. The lowest BCUT2D eigenvalue weighted by molar-refractivity contribution is 0.614. The van der Waals surface area contributed by atoms with Crippen molar-refractivity contribution in [1.29, 1.82) is 0 Å². The fourth-order valence-corrected chi connectivity index (χ4v) is 4.04. The SMILES string of the molecule is Cn1cnc(CN2CCc3sc(Nc4ncc(F)cn4)nc3-c3cn[nH]c32)n1. The van der Waals surface area contributed by atoms with E-state index < -0.39 is 5.82 Å². The molecule has 1 aliphatic heterocycles. The third-order valence-corrected chi connectivity index (χ3v) is 5.35.